The van der Waals surface area contributed by atoms with E-state index in [1.165, 1.54) is 16.9 Å². The first-order valence-electron chi connectivity index (χ1n) is 8.09. The molecule has 0 amide bonds. The third-order valence-corrected chi connectivity index (χ3v) is 6.99. The molecule has 2 heterocycles. The molecule has 1 aliphatic carbocycles. The van der Waals surface area contributed by atoms with Crippen LogP contribution in [0.15, 0.2) is 34.2 Å². The Morgan fingerprint density at radius 3 is 2.92 bits per heavy atom. The summed E-state index contributed by atoms with van der Waals surface area (Å²) < 4.78 is 0. The van der Waals surface area contributed by atoms with Gasteiger partial charge in [-0.25, -0.2) is 4.98 Å². The maximum absolute atomic E-state index is 12.6. The monoisotopic (exact) mass is 376 g/mol. The molecule has 0 fully saturated rings. The maximum Gasteiger partial charge on any atom is 0.260 e. The highest BCUT2D eigenvalue weighted by Crippen LogP contribution is 2.38. The van der Waals surface area contributed by atoms with E-state index in [-0.39, 0.29) is 10.8 Å². The van der Waals surface area contributed by atoms with Gasteiger partial charge in [0.2, 0.25) is 0 Å². The Kier molecular flexibility index (Phi) is 4.41. The van der Waals surface area contributed by atoms with Crippen LogP contribution in [0.3, 0.4) is 0 Å². The number of thioether (sulfide) groups is 1. The number of hydrogen-bond donors (Lipinski definition) is 1. The average Bonchev–Trinajstić information content (AvgIpc) is 2.93. The second-order valence-electron chi connectivity index (χ2n) is 6.04. The van der Waals surface area contributed by atoms with Gasteiger partial charge in [-0.1, -0.05) is 41.6 Å². The van der Waals surface area contributed by atoms with E-state index in [4.69, 9.17) is 16.6 Å². The second kappa shape index (κ2) is 6.54. The summed E-state index contributed by atoms with van der Waals surface area (Å²) >= 11 is 9.50. The summed E-state index contributed by atoms with van der Waals surface area (Å²) in [5.41, 5.74) is 2.27. The molecule has 0 aliphatic heterocycles. The van der Waals surface area contributed by atoms with Crippen molar-refractivity contribution in [3.63, 3.8) is 0 Å². The lowest BCUT2D eigenvalue weighted by Gasteiger charge is -2.12. The number of thiophene rings is 1. The molecule has 3 nitrogen and oxygen atoms in total. The SMILES string of the molecule is C[C@@H](Sc1nc2sc3c(c2c(=O)[nH]1)CCCC3)c1ccccc1Cl. The Morgan fingerprint density at radius 2 is 2.08 bits per heavy atom. The largest absolute Gasteiger partial charge is 0.301 e. The van der Waals surface area contributed by atoms with Gasteiger partial charge in [-0.15, -0.1) is 11.3 Å². The number of fused-ring (bicyclic) bond motifs is 3. The van der Waals surface area contributed by atoms with Gasteiger partial charge in [0.1, 0.15) is 4.83 Å². The third kappa shape index (κ3) is 2.89. The van der Waals surface area contributed by atoms with Gasteiger partial charge in [-0.05, 0) is 49.8 Å². The second-order valence-corrected chi connectivity index (χ2v) is 8.86. The predicted molar refractivity (Wildman–Crippen MR) is 103 cm³/mol. The fourth-order valence-corrected chi connectivity index (χ4v) is 5.88. The van der Waals surface area contributed by atoms with Gasteiger partial charge in [-0.2, -0.15) is 0 Å². The molecule has 1 aromatic carbocycles. The Labute approximate surface area is 153 Å². The number of rotatable bonds is 3. The van der Waals surface area contributed by atoms with Gasteiger partial charge in [0.05, 0.1) is 5.39 Å². The van der Waals surface area contributed by atoms with Gasteiger partial charge in [0.25, 0.3) is 5.56 Å². The van der Waals surface area contributed by atoms with Crippen LogP contribution in [0.5, 0.6) is 0 Å². The van der Waals surface area contributed by atoms with Crippen molar-refractivity contribution in [2.24, 2.45) is 0 Å². The van der Waals surface area contributed by atoms with Crippen LogP contribution in [0, 0.1) is 0 Å². The number of aromatic nitrogens is 2. The molecular formula is C18H17ClN2OS2. The van der Waals surface area contributed by atoms with Gasteiger partial charge >= 0.3 is 0 Å². The molecule has 3 aromatic rings. The number of halogens is 1. The molecule has 0 saturated heterocycles. The highest BCUT2D eigenvalue weighted by molar-refractivity contribution is 7.99. The lowest BCUT2D eigenvalue weighted by molar-refractivity contribution is 0.700. The van der Waals surface area contributed by atoms with Crippen LogP contribution in [-0.2, 0) is 12.8 Å². The summed E-state index contributed by atoms with van der Waals surface area (Å²) in [6, 6.07) is 7.80. The van der Waals surface area contributed by atoms with Crippen LogP contribution < -0.4 is 5.56 Å². The number of nitrogens with one attached hydrogen (secondary N) is 1. The summed E-state index contributed by atoms with van der Waals surface area (Å²) in [6.45, 7) is 2.08. The first kappa shape index (κ1) is 16.2. The van der Waals surface area contributed by atoms with E-state index in [2.05, 4.69) is 11.9 Å². The third-order valence-electron chi connectivity index (χ3n) is 4.43. The molecule has 1 N–H and O–H groups in total. The van der Waals surface area contributed by atoms with Crippen LogP contribution in [0.1, 0.15) is 41.0 Å². The summed E-state index contributed by atoms with van der Waals surface area (Å²) in [6.07, 6.45) is 4.46. The zero-order valence-corrected chi connectivity index (χ0v) is 15.7. The fourth-order valence-electron chi connectivity index (χ4n) is 3.24. The molecule has 0 bridgehead atoms. The molecule has 0 spiro atoms. The number of H-pyrrole nitrogens is 1. The van der Waals surface area contributed by atoms with Crippen molar-refractivity contribution in [2.75, 3.05) is 0 Å². The van der Waals surface area contributed by atoms with Gasteiger partial charge in [0.15, 0.2) is 5.16 Å². The van der Waals surface area contributed by atoms with Crippen molar-refractivity contribution >= 4 is 44.9 Å². The van der Waals surface area contributed by atoms with E-state index < -0.39 is 0 Å². The average molecular weight is 377 g/mol. The lowest BCUT2D eigenvalue weighted by atomic mass is 9.97. The Bertz CT molecular complexity index is 963. The van der Waals surface area contributed by atoms with Crippen LogP contribution in [0.4, 0.5) is 0 Å². The summed E-state index contributed by atoms with van der Waals surface area (Å²) in [5.74, 6) is 0. The van der Waals surface area contributed by atoms with E-state index in [9.17, 15) is 4.79 Å². The molecule has 0 radical (unpaired) electrons. The van der Waals surface area contributed by atoms with Crippen molar-refractivity contribution < 1.29 is 0 Å². The topological polar surface area (TPSA) is 45.8 Å². The first-order chi connectivity index (χ1) is 11.6. The fraction of sp³-hybridized carbons (Fsp3) is 0.333. The van der Waals surface area contributed by atoms with E-state index in [1.54, 1.807) is 23.1 Å². The van der Waals surface area contributed by atoms with Gasteiger partial charge < -0.3 is 4.98 Å². The smallest absolute Gasteiger partial charge is 0.260 e. The van der Waals surface area contributed by atoms with Crippen LogP contribution in [-0.4, -0.2) is 9.97 Å². The van der Waals surface area contributed by atoms with Crippen molar-refractivity contribution in [1.82, 2.24) is 9.97 Å². The minimum Gasteiger partial charge on any atom is -0.301 e. The molecule has 24 heavy (non-hydrogen) atoms. The lowest BCUT2D eigenvalue weighted by Crippen LogP contribution is -2.11. The van der Waals surface area contributed by atoms with E-state index in [1.807, 2.05) is 24.3 Å². The standard InChI is InChI=1S/C18H17ClN2OS2/c1-10(11-6-2-4-8-13(11)19)23-18-20-16(22)15-12-7-3-5-9-14(12)24-17(15)21-18/h2,4,6,8,10H,3,5,7,9H2,1H3,(H,20,21,22)/t10-/m1/s1. The van der Waals surface area contributed by atoms with Gasteiger partial charge in [-0.3, -0.25) is 4.79 Å². The number of nitrogens with zero attached hydrogens (tertiary/aromatic N) is 1. The molecule has 6 heteroatoms. The molecule has 124 valence electrons. The predicted octanol–water partition coefficient (Wildman–Crippen LogP) is 5.37. The Morgan fingerprint density at radius 1 is 1.29 bits per heavy atom. The highest BCUT2D eigenvalue weighted by Gasteiger charge is 2.20. The van der Waals surface area contributed by atoms with Crippen LogP contribution in [0.2, 0.25) is 5.02 Å². The van der Waals surface area contributed by atoms with E-state index >= 15 is 0 Å². The highest BCUT2D eigenvalue weighted by atomic mass is 35.5. The molecule has 1 atom stereocenters. The van der Waals surface area contributed by atoms with Gasteiger partial charge in [0, 0.05) is 15.1 Å². The Balaban J connectivity index is 1.71. The maximum atomic E-state index is 12.6. The molecule has 2 aromatic heterocycles. The molecular weight excluding hydrogens is 360 g/mol. The molecule has 4 rings (SSSR count). The van der Waals surface area contributed by atoms with Crippen LogP contribution in [0.25, 0.3) is 10.2 Å². The van der Waals surface area contributed by atoms with Crippen molar-refractivity contribution in [3.05, 3.63) is 55.6 Å². The first-order valence-corrected chi connectivity index (χ1v) is 10.2. The minimum atomic E-state index is -0.00624. The summed E-state index contributed by atoms with van der Waals surface area (Å²) in [5, 5.41) is 2.34. The Hall–Kier alpha value is -1.30. The normalized spacial score (nSPS) is 15.4. The van der Waals surface area contributed by atoms with Crippen LogP contribution >= 0.6 is 34.7 Å². The van der Waals surface area contributed by atoms with Crippen molar-refractivity contribution in [2.45, 2.75) is 43.0 Å². The minimum absolute atomic E-state index is 0.00624. The number of benzene rings is 1. The summed E-state index contributed by atoms with van der Waals surface area (Å²) in [7, 11) is 0. The molecule has 0 saturated carbocycles. The number of hydrogen-bond acceptors (Lipinski definition) is 4. The van der Waals surface area contributed by atoms with E-state index in [0.717, 1.165) is 40.1 Å². The van der Waals surface area contributed by atoms with Crippen molar-refractivity contribution in [3.8, 4) is 0 Å². The van der Waals surface area contributed by atoms with Crippen molar-refractivity contribution in [1.29, 1.82) is 0 Å². The van der Waals surface area contributed by atoms with E-state index in [0.29, 0.717) is 5.16 Å². The summed E-state index contributed by atoms with van der Waals surface area (Å²) in [4.78, 5) is 22.5. The number of aromatic amines is 1. The number of aryl methyl sites for hydroxylation is 2. The zero-order valence-electron chi connectivity index (χ0n) is 13.3. The quantitative estimate of drug-likeness (QED) is 0.493. The molecule has 0 unspecified atom stereocenters. The zero-order chi connectivity index (χ0) is 16.7. The molecule has 1 aliphatic rings.